The van der Waals surface area contributed by atoms with Crippen LogP contribution in [0.1, 0.15) is 190 Å². The third kappa shape index (κ3) is 39.1. The molecular formula is C90H144N26O23. The van der Waals surface area contributed by atoms with E-state index in [1.807, 2.05) is 0 Å². The number of likely N-dealkylation sites (tertiary alicyclic amines) is 2. The molecule has 0 aliphatic carbocycles. The number of imidazole rings is 2. The maximum Gasteiger partial charge on any atom is 0.326 e. The zero-order valence-electron chi connectivity index (χ0n) is 81.2. The molecule has 3 aromatic rings. The van der Waals surface area contributed by atoms with Gasteiger partial charge in [-0.2, -0.15) is 0 Å². The number of phenols is 1. The Kier molecular flexibility index (Phi) is 48.1. The number of H-pyrrole nitrogens is 2. The monoisotopic (exact) mass is 1960 g/mol. The molecule has 29 N–H and O–H groups in total. The molecule has 139 heavy (non-hydrogen) atoms. The number of aromatic amines is 2. The molecular weight excluding hydrogens is 1810 g/mol. The van der Waals surface area contributed by atoms with E-state index in [0.717, 1.165) is 0 Å². The van der Waals surface area contributed by atoms with Crippen LogP contribution in [0.3, 0.4) is 0 Å². The van der Waals surface area contributed by atoms with Gasteiger partial charge in [0, 0.05) is 69.1 Å². The Morgan fingerprint density at radius 1 is 0.453 bits per heavy atom. The lowest BCUT2D eigenvalue weighted by atomic mass is 9.96. The van der Waals surface area contributed by atoms with Crippen LogP contribution in [0.4, 0.5) is 0 Å². The number of aromatic hydroxyl groups is 1. The van der Waals surface area contributed by atoms with Gasteiger partial charge >= 0.3 is 5.97 Å². The molecule has 2 fully saturated rings. The van der Waals surface area contributed by atoms with E-state index in [4.69, 9.17) is 22.6 Å². The number of carbonyl (C=O) groups excluding carboxylic acids is 18. The third-order valence-electron chi connectivity index (χ3n) is 23.2. The maximum atomic E-state index is 15.0. The number of carboxylic acids is 1. The molecule has 772 valence electrons. The lowest BCUT2D eigenvalue weighted by molar-refractivity contribution is -0.143. The van der Waals surface area contributed by atoms with E-state index in [1.54, 1.807) is 83.1 Å². The number of nitrogens with two attached hydrogens (primary N) is 3. The topological polar surface area (TPSA) is 763 Å². The molecule has 2 aliphatic rings. The average Bonchev–Trinajstić information content (AvgIpc) is 1.71. The summed E-state index contributed by atoms with van der Waals surface area (Å²) in [6.07, 6.45) is 4.76. The van der Waals surface area contributed by atoms with Crippen molar-refractivity contribution in [2.75, 3.05) is 45.9 Å². The number of benzene rings is 1. The molecule has 17 atom stereocenters. The first-order valence-electron chi connectivity index (χ1n) is 46.9. The second kappa shape index (κ2) is 57.7. The van der Waals surface area contributed by atoms with Gasteiger partial charge in [-0.05, 0) is 131 Å². The summed E-state index contributed by atoms with van der Waals surface area (Å²) in [5.74, 6) is -19.7. The summed E-state index contributed by atoms with van der Waals surface area (Å²) in [6, 6.07) is -17.1. The molecule has 2 saturated heterocycles. The Labute approximate surface area is 806 Å². The summed E-state index contributed by atoms with van der Waals surface area (Å²) in [6.45, 7) is 18.9. The van der Waals surface area contributed by atoms with Gasteiger partial charge in [0.25, 0.3) is 0 Å². The highest BCUT2D eigenvalue weighted by Gasteiger charge is 2.45. The van der Waals surface area contributed by atoms with Crippen molar-refractivity contribution < 1.29 is 112 Å². The van der Waals surface area contributed by atoms with Crippen molar-refractivity contribution >= 4 is 118 Å². The predicted octanol–water partition coefficient (Wildman–Crippen LogP) is -5.79. The summed E-state index contributed by atoms with van der Waals surface area (Å²) in [7, 11) is 0. The summed E-state index contributed by atoms with van der Waals surface area (Å²) < 4.78 is 0. The summed E-state index contributed by atoms with van der Waals surface area (Å²) in [5, 5.41) is 88.4. The van der Waals surface area contributed by atoms with Gasteiger partial charge in [-0.3, -0.25) is 91.7 Å². The van der Waals surface area contributed by atoms with Crippen LogP contribution >= 0.6 is 0 Å². The number of rotatable bonds is 59. The van der Waals surface area contributed by atoms with Crippen molar-refractivity contribution in [1.29, 1.82) is 5.41 Å². The number of guanidine groups is 1. The largest absolute Gasteiger partial charge is 0.508 e. The molecule has 49 nitrogen and oxygen atoms in total. The smallest absolute Gasteiger partial charge is 0.326 e. The van der Waals surface area contributed by atoms with Crippen molar-refractivity contribution in [2.45, 2.75) is 289 Å². The van der Waals surface area contributed by atoms with Crippen LogP contribution in [0, 0.1) is 40.9 Å². The minimum Gasteiger partial charge on any atom is -0.508 e. The van der Waals surface area contributed by atoms with Gasteiger partial charge in [0.2, 0.25) is 106 Å². The number of nitrogens with zero attached hydrogens (tertiary/aromatic N) is 4. The fraction of sp³-hybridized carbons (Fsp3) is 0.644. The Hall–Kier alpha value is -13.5. The van der Waals surface area contributed by atoms with Crippen LogP contribution in [0.5, 0.6) is 5.75 Å². The SMILES string of the molecule is CC[C@H](C)[C@H](NC(=O)[C@@H]1CCCN1C(=O)[C@H](CC(C)C)NC(=O)[C@H](CCC(N)=O)NC(=O)[C@H](CC(C)C)NC(=O)[C@@H](N)CO)C(=O)N[C@@H](CC(C)C)C(=O)N[C@@H](Cc1cnc[nH]1)C(=O)N[C@@H](Cc1cnc[nH]1)C(=O)N[C@@H](C)C(=O)N[C@@H](Cc1ccc(O)cc1)C(=O)N[C@@H](CC(C)C)C(=O)N1CCC[C@H]1C(=O)NC(CO)C(=O)N[C@@H](CCCNC(=N)N)C(=O)NCC(=O)NCC(=O)N[C@H](C(=O)O)C(C)C. The fourth-order valence-electron chi connectivity index (χ4n) is 15.5. The third-order valence-corrected chi connectivity index (χ3v) is 23.2. The number of nitrogens with one attached hydrogen (secondary N) is 19. The second-order valence-electron chi connectivity index (χ2n) is 37.1. The Morgan fingerprint density at radius 3 is 1.32 bits per heavy atom. The van der Waals surface area contributed by atoms with Crippen molar-refractivity contribution in [3.63, 3.8) is 0 Å². The second-order valence-corrected chi connectivity index (χ2v) is 37.1. The normalized spacial score (nSPS) is 16.8. The van der Waals surface area contributed by atoms with E-state index in [0.29, 0.717) is 29.8 Å². The number of phenolic OH excluding ortho intramolecular Hbond substituents is 1. The molecule has 0 radical (unpaired) electrons. The number of aromatic nitrogens is 4. The van der Waals surface area contributed by atoms with Crippen molar-refractivity contribution in [1.82, 2.24) is 115 Å². The van der Waals surface area contributed by atoms with Gasteiger partial charge in [-0.25, -0.2) is 14.8 Å². The molecule has 49 heteroatoms. The average molecular weight is 1960 g/mol. The summed E-state index contributed by atoms with van der Waals surface area (Å²) in [4.78, 5) is 282. The standard InChI is InChI=1S/C90H144N26O23/c1-14-50(12)73(114-85(134)68-20-17-29-116(68)87(136)64(32-47(6)7)110-77(126)58(25-26-69(92)120)104-79(128)59(30-45(2)3)106-75(124)56(91)41-117)86(135)109-60(31-46(4)5)80(129)108-63(36-54-38-96-44-101-54)82(131)107-62(35-53-37-95-43-100-53)78(127)102-51(13)74(123)105-61(34-52-21-23-55(119)24-22-52)81(130)111-65(33-48(8)9)88(137)115-28-16-19-67(115)84(133)112-66(42-118)83(132)103-57(18-15-27-97-90(93)94)76(125)99-39-70(121)98-40-71(122)113-72(49(10)11)89(138)139/h21-24,37-38,43-51,56-68,72-73,117-119H,14-20,25-36,39-42,91H2,1-13H3,(H2,92,120)(H,95,100)(H,96,101)(H,98,121)(H,99,125)(H,102,127)(H,103,132)(H,104,128)(H,105,123)(H,106,124)(H,107,131)(H,108,129)(H,109,135)(H,110,126)(H,111,130)(H,112,133)(H,113,122)(H,114,134)(H,138,139)(H4,93,94,97)/t50-,51-,56-,57-,58-,59-,60-,61-,62-,63-,64-,65-,66?,67-,68-,72-,73-/m0/s1. The lowest BCUT2D eigenvalue weighted by Crippen LogP contribution is -2.62. The molecule has 2 aliphatic heterocycles. The van der Waals surface area contributed by atoms with E-state index in [2.05, 4.69) is 105 Å². The number of carbonyl (C=O) groups is 19. The first-order valence-corrected chi connectivity index (χ1v) is 46.9. The Bertz CT molecular complexity index is 4650. The van der Waals surface area contributed by atoms with Crippen molar-refractivity contribution in [3.05, 3.63) is 66.3 Å². The van der Waals surface area contributed by atoms with E-state index in [9.17, 15) is 107 Å². The zero-order chi connectivity index (χ0) is 104. The Morgan fingerprint density at radius 2 is 0.871 bits per heavy atom. The van der Waals surface area contributed by atoms with Gasteiger partial charge < -0.3 is 142 Å². The van der Waals surface area contributed by atoms with E-state index in [-0.39, 0.29) is 139 Å². The molecule has 1 aromatic carbocycles. The fourth-order valence-corrected chi connectivity index (χ4v) is 15.5. The first kappa shape index (κ1) is 116. The van der Waals surface area contributed by atoms with E-state index < -0.39 is 253 Å². The first-order chi connectivity index (χ1) is 65.5. The molecule has 4 heterocycles. The minimum atomic E-state index is -1.75. The van der Waals surface area contributed by atoms with Gasteiger partial charge in [0.15, 0.2) is 5.96 Å². The number of hydrogen-bond acceptors (Lipinski definition) is 26. The number of aliphatic hydroxyl groups excluding tert-OH is 2. The highest BCUT2D eigenvalue weighted by molar-refractivity contribution is 6.02. The van der Waals surface area contributed by atoms with Crippen LogP contribution in [-0.4, -0.2) is 311 Å². The molecule has 5 rings (SSSR count). The maximum absolute atomic E-state index is 15.0. The lowest BCUT2D eigenvalue weighted by Gasteiger charge is -2.32. The molecule has 18 amide bonds. The number of carboxylic acid groups (broad SMARTS) is 1. The zero-order valence-corrected chi connectivity index (χ0v) is 81.2. The molecule has 0 spiro atoms. The van der Waals surface area contributed by atoms with Crippen LogP contribution in [0.15, 0.2) is 49.3 Å². The summed E-state index contributed by atoms with van der Waals surface area (Å²) in [5.41, 5.74) is 17.7. The van der Waals surface area contributed by atoms with Crippen LogP contribution in [0.2, 0.25) is 0 Å². The Balaban J connectivity index is 1.34. The molecule has 0 saturated carbocycles. The number of aliphatic hydroxyl groups is 2. The molecule has 1 unspecified atom stereocenters. The van der Waals surface area contributed by atoms with E-state index in [1.165, 1.54) is 66.0 Å². The number of aliphatic carboxylic acids is 1. The quantitative estimate of drug-likeness (QED) is 0.0142. The molecule has 2 aromatic heterocycles. The number of amides is 18. The molecule has 0 bridgehead atoms. The number of hydrogen-bond donors (Lipinski definition) is 26. The van der Waals surface area contributed by atoms with Crippen LogP contribution in [0.25, 0.3) is 0 Å². The van der Waals surface area contributed by atoms with Crippen LogP contribution in [-0.2, 0) is 110 Å². The van der Waals surface area contributed by atoms with Crippen molar-refractivity contribution in [3.8, 4) is 5.75 Å². The summed E-state index contributed by atoms with van der Waals surface area (Å²) >= 11 is 0. The van der Waals surface area contributed by atoms with Gasteiger partial charge in [-0.1, -0.05) is 102 Å². The van der Waals surface area contributed by atoms with Gasteiger partial charge in [0.1, 0.15) is 102 Å². The van der Waals surface area contributed by atoms with E-state index >= 15 is 4.79 Å². The highest BCUT2D eigenvalue weighted by atomic mass is 16.4. The predicted molar refractivity (Wildman–Crippen MR) is 502 cm³/mol. The van der Waals surface area contributed by atoms with Crippen molar-refractivity contribution in [2.24, 2.45) is 52.7 Å². The highest BCUT2D eigenvalue weighted by Crippen LogP contribution is 2.25. The van der Waals surface area contributed by atoms with Gasteiger partial charge in [0.05, 0.1) is 39.0 Å². The van der Waals surface area contributed by atoms with Crippen LogP contribution < -0.4 is 102 Å². The number of primary amides is 1. The minimum absolute atomic E-state index is 0.0298. The van der Waals surface area contributed by atoms with Gasteiger partial charge in [-0.15, -0.1) is 0 Å².